The zero-order chi connectivity index (χ0) is 14.6. The summed E-state index contributed by atoms with van der Waals surface area (Å²) in [5, 5.41) is 11.8. The molecule has 0 aliphatic carbocycles. The minimum absolute atomic E-state index is 0.0321. The van der Waals surface area contributed by atoms with Crippen LogP contribution < -0.4 is 5.32 Å². The molecule has 5 unspecified atom stereocenters. The normalized spacial score (nSPS) is 32.0. The van der Waals surface area contributed by atoms with E-state index in [1.54, 1.807) is 0 Å². The highest BCUT2D eigenvalue weighted by Crippen LogP contribution is 2.32. The number of hydrogen-bond acceptors (Lipinski definition) is 3. The van der Waals surface area contributed by atoms with Gasteiger partial charge in [0.2, 0.25) is 5.91 Å². The number of carboxylic acids is 1. The second-order valence-corrected chi connectivity index (χ2v) is 5.47. The number of carbonyl (C=O) groups is 2. The molecular weight excluding hydrogens is 246 g/mol. The molecule has 1 rings (SSSR count). The van der Waals surface area contributed by atoms with Gasteiger partial charge >= 0.3 is 5.97 Å². The third-order valence-corrected chi connectivity index (χ3v) is 4.01. The third kappa shape index (κ3) is 3.93. The molecule has 2 N–H and O–H groups in total. The first-order valence-corrected chi connectivity index (χ1v) is 7.07. The molecule has 5 nitrogen and oxygen atoms in total. The molecule has 19 heavy (non-hydrogen) atoms. The van der Waals surface area contributed by atoms with E-state index in [1.165, 1.54) is 0 Å². The predicted molar refractivity (Wildman–Crippen MR) is 71.8 cm³/mol. The summed E-state index contributed by atoms with van der Waals surface area (Å²) < 4.78 is 5.62. The fourth-order valence-electron chi connectivity index (χ4n) is 2.65. The maximum atomic E-state index is 12.2. The molecule has 0 bridgehead atoms. The van der Waals surface area contributed by atoms with Gasteiger partial charge in [-0.3, -0.25) is 4.79 Å². The maximum Gasteiger partial charge on any atom is 0.326 e. The van der Waals surface area contributed by atoms with Crippen LogP contribution in [-0.4, -0.2) is 35.2 Å². The Hall–Kier alpha value is -1.10. The zero-order valence-corrected chi connectivity index (χ0v) is 12.2. The van der Waals surface area contributed by atoms with Crippen molar-refractivity contribution in [3.63, 3.8) is 0 Å². The topological polar surface area (TPSA) is 75.6 Å². The first-order valence-electron chi connectivity index (χ1n) is 7.07. The van der Waals surface area contributed by atoms with Gasteiger partial charge in [0.15, 0.2) is 0 Å². The number of unbranched alkanes of at least 4 members (excludes halogenated alkanes) is 1. The first-order chi connectivity index (χ1) is 8.88. The second kappa shape index (κ2) is 6.89. The lowest BCUT2D eigenvalue weighted by Gasteiger charge is -2.21. The largest absolute Gasteiger partial charge is 0.480 e. The predicted octanol–water partition coefficient (Wildman–Crippen LogP) is 1.81. The Morgan fingerprint density at radius 3 is 2.32 bits per heavy atom. The van der Waals surface area contributed by atoms with E-state index in [9.17, 15) is 9.59 Å². The molecule has 5 heteroatoms. The van der Waals surface area contributed by atoms with Crippen molar-refractivity contribution in [2.45, 2.75) is 65.2 Å². The van der Waals surface area contributed by atoms with Crippen LogP contribution in [0.25, 0.3) is 0 Å². The van der Waals surface area contributed by atoms with Gasteiger partial charge in [0.25, 0.3) is 0 Å². The molecule has 110 valence electrons. The van der Waals surface area contributed by atoms with E-state index in [-0.39, 0.29) is 30.0 Å². The van der Waals surface area contributed by atoms with Crippen LogP contribution in [0.3, 0.4) is 0 Å². The summed E-state index contributed by atoms with van der Waals surface area (Å²) >= 11 is 0. The van der Waals surface area contributed by atoms with Crippen LogP contribution in [-0.2, 0) is 14.3 Å². The van der Waals surface area contributed by atoms with Gasteiger partial charge in [-0.2, -0.15) is 0 Å². The Morgan fingerprint density at radius 2 is 1.89 bits per heavy atom. The van der Waals surface area contributed by atoms with Gasteiger partial charge in [-0.15, -0.1) is 0 Å². The molecule has 5 atom stereocenters. The van der Waals surface area contributed by atoms with E-state index in [4.69, 9.17) is 9.84 Å². The zero-order valence-electron chi connectivity index (χ0n) is 12.2. The van der Waals surface area contributed by atoms with Crippen molar-refractivity contribution < 1.29 is 19.4 Å². The molecule has 0 aromatic carbocycles. The molecule has 1 aliphatic heterocycles. The van der Waals surface area contributed by atoms with Gasteiger partial charge in [-0.05, 0) is 26.2 Å². The van der Waals surface area contributed by atoms with Crippen molar-refractivity contribution in [1.29, 1.82) is 0 Å². The van der Waals surface area contributed by atoms with Crippen molar-refractivity contribution >= 4 is 11.9 Å². The van der Waals surface area contributed by atoms with Crippen molar-refractivity contribution in [1.82, 2.24) is 5.32 Å². The Balaban J connectivity index is 2.63. The number of amides is 1. The molecule has 0 saturated carbocycles. The van der Waals surface area contributed by atoms with Crippen LogP contribution in [0, 0.1) is 11.8 Å². The molecule has 1 saturated heterocycles. The molecular formula is C14H25NO4. The van der Waals surface area contributed by atoms with Gasteiger partial charge in [0, 0.05) is 0 Å². The number of carboxylic acid groups (broad SMARTS) is 1. The summed E-state index contributed by atoms with van der Waals surface area (Å²) in [6.07, 6.45) is 2.05. The molecule has 0 radical (unpaired) electrons. The molecule has 0 spiro atoms. The van der Waals surface area contributed by atoms with E-state index in [0.717, 1.165) is 12.8 Å². The number of ether oxygens (including phenoxy) is 1. The highest BCUT2D eigenvalue weighted by Gasteiger charge is 2.42. The first kappa shape index (κ1) is 16.0. The Bertz CT molecular complexity index is 331. The van der Waals surface area contributed by atoms with E-state index in [2.05, 4.69) is 5.32 Å². The number of nitrogens with one attached hydrogen (secondary N) is 1. The van der Waals surface area contributed by atoms with Crippen molar-refractivity contribution in [3.8, 4) is 0 Å². The van der Waals surface area contributed by atoms with Crippen molar-refractivity contribution in [2.75, 3.05) is 0 Å². The van der Waals surface area contributed by atoms with Crippen LogP contribution in [0.4, 0.5) is 0 Å². The van der Waals surface area contributed by atoms with E-state index in [0.29, 0.717) is 6.42 Å². The highest BCUT2D eigenvalue weighted by molar-refractivity contribution is 5.85. The second-order valence-electron chi connectivity index (χ2n) is 5.47. The Labute approximate surface area is 114 Å². The lowest BCUT2D eigenvalue weighted by molar-refractivity contribution is -0.143. The Kier molecular flexibility index (Phi) is 5.79. The number of hydrogen-bond donors (Lipinski definition) is 2. The van der Waals surface area contributed by atoms with E-state index in [1.807, 2.05) is 27.7 Å². The van der Waals surface area contributed by atoms with Crippen LogP contribution in [0.2, 0.25) is 0 Å². The quantitative estimate of drug-likeness (QED) is 0.772. The minimum atomic E-state index is -0.964. The third-order valence-electron chi connectivity index (χ3n) is 4.01. The van der Waals surface area contributed by atoms with Crippen molar-refractivity contribution in [3.05, 3.63) is 0 Å². The van der Waals surface area contributed by atoms with Gasteiger partial charge in [0.05, 0.1) is 18.1 Å². The maximum absolute atomic E-state index is 12.2. The number of carbonyl (C=O) groups excluding carboxylic acids is 1. The standard InChI is InChI=1S/C14H25NO4/c1-5-6-7-11(14(17)18)15-13(16)12-8(2)9(3)19-10(12)4/h8-12H,5-7H2,1-4H3,(H,15,16)(H,17,18). The summed E-state index contributed by atoms with van der Waals surface area (Å²) in [5.74, 6) is -1.32. The summed E-state index contributed by atoms with van der Waals surface area (Å²) in [6.45, 7) is 7.78. The average molecular weight is 271 g/mol. The van der Waals surface area contributed by atoms with E-state index >= 15 is 0 Å². The van der Waals surface area contributed by atoms with Gasteiger partial charge < -0.3 is 15.2 Å². The van der Waals surface area contributed by atoms with Crippen LogP contribution in [0.5, 0.6) is 0 Å². The Morgan fingerprint density at radius 1 is 1.26 bits per heavy atom. The lowest BCUT2D eigenvalue weighted by Crippen LogP contribution is -2.46. The smallest absolute Gasteiger partial charge is 0.326 e. The molecule has 1 amide bonds. The molecule has 0 aromatic rings. The fraction of sp³-hybridized carbons (Fsp3) is 0.857. The SMILES string of the molecule is CCCCC(NC(=O)C1C(C)OC(C)C1C)C(=O)O. The molecule has 1 heterocycles. The van der Waals surface area contributed by atoms with Gasteiger partial charge in [-0.25, -0.2) is 4.79 Å². The van der Waals surface area contributed by atoms with E-state index < -0.39 is 12.0 Å². The summed E-state index contributed by atoms with van der Waals surface area (Å²) in [4.78, 5) is 23.4. The average Bonchev–Trinajstić information content (AvgIpc) is 2.58. The number of aliphatic carboxylic acids is 1. The summed E-state index contributed by atoms with van der Waals surface area (Å²) in [5.41, 5.74) is 0. The van der Waals surface area contributed by atoms with Crippen LogP contribution in [0.1, 0.15) is 47.0 Å². The fourth-order valence-corrected chi connectivity index (χ4v) is 2.65. The van der Waals surface area contributed by atoms with Crippen molar-refractivity contribution in [2.24, 2.45) is 11.8 Å². The molecule has 1 fully saturated rings. The van der Waals surface area contributed by atoms with Crippen LogP contribution >= 0.6 is 0 Å². The minimum Gasteiger partial charge on any atom is -0.480 e. The van der Waals surface area contributed by atoms with Crippen LogP contribution in [0.15, 0.2) is 0 Å². The summed E-state index contributed by atoms with van der Waals surface area (Å²) in [7, 11) is 0. The molecule has 1 aliphatic rings. The summed E-state index contributed by atoms with van der Waals surface area (Å²) in [6, 6.07) is -0.789. The molecule has 0 aromatic heterocycles. The van der Waals surface area contributed by atoms with Gasteiger partial charge in [0.1, 0.15) is 6.04 Å². The van der Waals surface area contributed by atoms with Gasteiger partial charge in [-0.1, -0.05) is 26.7 Å². The number of rotatable bonds is 6. The lowest BCUT2D eigenvalue weighted by atomic mass is 9.88. The monoisotopic (exact) mass is 271 g/mol. The highest BCUT2D eigenvalue weighted by atomic mass is 16.5.